The van der Waals surface area contributed by atoms with Crippen LogP contribution in [0.4, 0.5) is 10.1 Å². The van der Waals surface area contributed by atoms with Crippen molar-refractivity contribution in [2.75, 3.05) is 18.4 Å². The third-order valence-electron chi connectivity index (χ3n) is 1.74. The molecule has 5 heteroatoms. The van der Waals surface area contributed by atoms with E-state index in [1.807, 2.05) is 6.92 Å². The van der Waals surface area contributed by atoms with Gasteiger partial charge in [-0.3, -0.25) is 4.79 Å². The highest BCUT2D eigenvalue weighted by Crippen LogP contribution is 2.18. The molecule has 0 aliphatic carbocycles. The molecule has 0 saturated carbocycles. The molecule has 0 spiro atoms. The summed E-state index contributed by atoms with van der Waals surface area (Å²) in [5.41, 5.74) is 0.403. The second-order valence-electron chi connectivity index (χ2n) is 2.96. The second-order valence-corrected chi connectivity index (χ2v) is 3.36. The average Bonchev–Trinajstić information content (AvgIpc) is 2.20. The molecule has 1 aromatic carbocycles. The second kappa shape index (κ2) is 5.68. The number of likely N-dealkylation sites (N-methyl/N-ethyl adjacent to an activating group) is 1. The summed E-state index contributed by atoms with van der Waals surface area (Å²) in [5, 5.41) is 5.45. The lowest BCUT2D eigenvalue weighted by atomic mass is 10.3. The van der Waals surface area contributed by atoms with Gasteiger partial charge in [-0.1, -0.05) is 18.5 Å². The lowest BCUT2D eigenvalue weighted by Gasteiger charge is -2.05. The minimum absolute atomic E-state index is 0.0414. The zero-order chi connectivity index (χ0) is 11.3. The molecular formula is C10H12ClFN2O. The molecule has 1 rings (SSSR count). The molecule has 0 unspecified atom stereocenters. The summed E-state index contributed by atoms with van der Waals surface area (Å²) in [6.45, 7) is 2.82. The summed E-state index contributed by atoms with van der Waals surface area (Å²) < 4.78 is 13.0. The minimum Gasteiger partial charge on any atom is -0.325 e. The van der Waals surface area contributed by atoms with Crippen molar-refractivity contribution in [3.63, 3.8) is 0 Å². The van der Waals surface area contributed by atoms with Crippen LogP contribution in [0, 0.1) is 5.82 Å². The maximum atomic E-state index is 13.0. The molecule has 0 fully saturated rings. The highest BCUT2D eigenvalue weighted by Gasteiger charge is 2.04. The van der Waals surface area contributed by atoms with Gasteiger partial charge >= 0.3 is 0 Å². The van der Waals surface area contributed by atoms with E-state index in [-0.39, 0.29) is 17.5 Å². The van der Waals surface area contributed by atoms with Gasteiger partial charge < -0.3 is 10.6 Å². The maximum Gasteiger partial charge on any atom is 0.238 e. The Morgan fingerprint density at radius 2 is 2.27 bits per heavy atom. The molecule has 0 aliphatic heterocycles. The Kier molecular flexibility index (Phi) is 4.52. The topological polar surface area (TPSA) is 41.1 Å². The third-order valence-corrected chi connectivity index (χ3v) is 2.05. The van der Waals surface area contributed by atoms with E-state index in [4.69, 9.17) is 11.6 Å². The minimum atomic E-state index is -0.544. The molecule has 0 aromatic heterocycles. The first kappa shape index (κ1) is 11.9. The predicted molar refractivity (Wildman–Crippen MR) is 58.6 cm³/mol. The van der Waals surface area contributed by atoms with Gasteiger partial charge in [-0.2, -0.15) is 0 Å². The molecule has 0 bridgehead atoms. The van der Waals surface area contributed by atoms with E-state index in [0.717, 1.165) is 0 Å². The van der Waals surface area contributed by atoms with E-state index in [2.05, 4.69) is 10.6 Å². The standard InChI is InChI=1S/C10H12ClFN2O/c1-2-13-6-10(15)14-7-3-4-8(11)9(12)5-7/h3-5,13H,2,6H2,1H3,(H,14,15). The van der Waals surface area contributed by atoms with Crippen molar-refractivity contribution in [1.82, 2.24) is 5.32 Å². The number of hydrogen-bond acceptors (Lipinski definition) is 2. The molecule has 1 amide bonds. The molecule has 0 saturated heterocycles. The monoisotopic (exact) mass is 230 g/mol. The molecule has 3 nitrogen and oxygen atoms in total. The molecule has 0 heterocycles. The number of hydrogen-bond donors (Lipinski definition) is 2. The zero-order valence-electron chi connectivity index (χ0n) is 8.31. The summed E-state index contributed by atoms with van der Waals surface area (Å²) in [5.74, 6) is -0.753. The third kappa shape index (κ3) is 3.85. The molecule has 0 atom stereocenters. The first-order chi connectivity index (χ1) is 7.13. The van der Waals surface area contributed by atoms with Gasteiger partial charge in [-0.15, -0.1) is 0 Å². The van der Waals surface area contributed by atoms with Crippen LogP contribution >= 0.6 is 11.6 Å². The van der Waals surface area contributed by atoms with Crippen LogP contribution in [0.3, 0.4) is 0 Å². The number of benzene rings is 1. The maximum absolute atomic E-state index is 13.0. The van der Waals surface area contributed by atoms with Crippen molar-refractivity contribution in [3.05, 3.63) is 29.0 Å². The SMILES string of the molecule is CCNCC(=O)Nc1ccc(Cl)c(F)c1. The van der Waals surface area contributed by atoms with Crippen LogP contribution in [0.2, 0.25) is 5.02 Å². The lowest BCUT2D eigenvalue weighted by molar-refractivity contribution is -0.115. The van der Waals surface area contributed by atoms with Crippen molar-refractivity contribution < 1.29 is 9.18 Å². The quantitative estimate of drug-likeness (QED) is 0.831. The van der Waals surface area contributed by atoms with Crippen LogP contribution in [-0.2, 0) is 4.79 Å². The Morgan fingerprint density at radius 1 is 1.53 bits per heavy atom. The number of halogens is 2. The Labute approximate surface area is 92.6 Å². The number of carbonyl (C=O) groups excluding carboxylic acids is 1. The van der Waals surface area contributed by atoms with Gasteiger partial charge in [0.1, 0.15) is 5.82 Å². The number of carbonyl (C=O) groups is 1. The summed E-state index contributed by atoms with van der Waals surface area (Å²) in [6, 6.07) is 4.14. The Bertz CT molecular complexity index is 357. The molecule has 0 aliphatic rings. The van der Waals surface area contributed by atoms with E-state index in [1.165, 1.54) is 12.1 Å². The summed E-state index contributed by atoms with van der Waals surface area (Å²) >= 11 is 5.50. The number of rotatable bonds is 4. The fourth-order valence-electron chi connectivity index (χ4n) is 1.02. The van der Waals surface area contributed by atoms with Crippen molar-refractivity contribution in [2.24, 2.45) is 0 Å². The van der Waals surface area contributed by atoms with E-state index >= 15 is 0 Å². The van der Waals surface area contributed by atoms with E-state index < -0.39 is 5.82 Å². The first-order valence-electron chi connectivity index (χ1n) is 4.59. The van der Waals surface area contributed by atoms with Crippen molar-refractivity contribution in [1.29, 1.82) is 0 Å². The Morgan fingerprint density at radius 3 is 2.87 bits per heavy atom. The van der Waals surface area contributed by atoms with Gasteiger partial charge in [0.15, 0.2) is 0 Å². The van der Waals surface area contributed by atoms with Crippen LogP contribution in [0.5, 0.6) is 0 Å². The smallest absolute Gasteiger partial charge is 0.238 e. The first-order valence-corrected chi connectivity index (χ1v) is 4.97. The fourth-order valence-corrected chi connectivity index (χ4v) is 1.14. The molecule has 15 heavy (non-hydrogen) atoms. The van der Waals surface area contributed by atoms with E-state index in [9.17, 15) is 9.18 Å². The Hall–Kier alpha value is -1.13. The predicted octanol–water partition coefficient (Wildman–Crippen LogP) is 2.03. The van der Waals surface area contributed by atoms with Crippen molar-refractivity contribution >= 4 is 23.2 Å². The van der Waals surface area contributed by atoms with Crippen LogP contribution in [-0.4, -0.2) is 19.0 Å². The normalized spacial score (nSPS) is 10.1. The fraction of sp³-hybridized carbons (Fsp3) is 0.300. The van der Waals surface area contributed by atoms with Gasteiger partial charge in [0.05, 0.1) is 11.6 Å². The lowest BCUT2D eigenvalue weighted by Crippen LogP contribution is -2.27. The highest BCUT2D eigenvalue weighted by atomic mass is 35.5. The Balaban J connectivity index is 2.57. The zero-order valence-corrected chi connectivity index (χ0v) is 9.07. The van der Waals surface area contributed by atoms with Crippen molar-refractivity contribution in [2.45, 2.75) is 6.92 Å². The largest absolute Gasteiger partial charge is 0.325 e. The van der Waals surface area contributed by atoms with Gasteiger partial charge in [0, 0.05) is 5.69 Å². The molecule has 0 radical (unpaired) electrons. The number of nitrogens with one attached hydrogen (secondary N) is 2. The summed E-state index contributed by atoms with van der Waals surface area (Å²) in [7, 11) is 0. The number of amides is 1. The molecular weight excluding hydrogens is 219 g/mol. The molecule has 82 valence electrons. The summed E-state index contributed by atoms with van der Waals surface area (Å²) in [6.07, 6.45) is 0. The molecule has 1 aromatic rings. The van der Waals surface area contributed by atoms with Crippen LogP contribution in [0.15, 0.2) is 18.2 Å². The summed E-state index contributed by atoms with van der Waals surface area (Å²) in [4.78, 5) is 11.2. The van der Waals surface area contributed by atoms with Crippen LogP contribution in [0.25, 0.3) is 0 Å². The van der Waals surface area contributed by atoms with Gasteiger partial charge in [-0.25, -0.2) is 4.39 Å². The van der Waals surface area contributed by atoms with Gasteiger partial charge in [0.2, 0.25) is 5.91 Å². The number of anilines is 1. The van der Waals surface area contributed by atoms with Crippen molar-refractivity contribution in [3.8, 4) is 0 Å². The van der Waals surface area contributed by atoms with Gasteiger partial charge in [-0.05, 0) is 24.7 Å². The van der Waals surface area contributed by atoms with E-state index in [1.54, 1.807) is 6.07 Å². The van der Waals surface area contributed by atoms with E-state index in [0.29, 0.717) is 12.2 Å². The average molecular weight is 231 g/mol. The molecule has 2 N–H and O–H groups in total. The highest BCUT2D eigenvalue weighted by molar-refractivity contribution is 6.30. The van der Waals surface area contributed by atoms with Gasteiger partial charge in [0.25, 0.3) is 0 Å². The van der Waals surface area contributed by atoms with Crippen LogP contribution in [0.1, 0.15) is 6.92 Å². The van der Waals surface area contributed by atoms with Crippen LogP contribution < -0.4 is 10.6 Å².